The summed E-state index contributed by atoms with van der Waals surface area (Å²) in [6, 6.07) is 1.63. The Morgan fingerprint density at radius 1 is 1.44 bits per heavy atom. The third-order valence-electron chi connectivity index (χ3n) is 2.05. The van der Waals surface area contributed by atoms with Crippen LogP contribution in [0.15, 0.2) is 12.1 Å². The zero-order valence-electron chi connectivity index (χ0n) is 9.01. The van der Waals surface area contributed by atoms with E-state index in [0.29, 0.717) is 6.42 Å². The molecule has 2 N–H and O–H groups in total. The minimum atomic E-state index is -4.44. The number of anilines is 1. The molecule has 90 valence electrons. The molecule has 1 heterocycles. The maximum absolute atomic E-state index is 12.4. The number of aromatic nitrogens is 1. The van der Waals surface area contributed by atoms with E-state index < -0.39 is 11.7 Å². The Bertz CT molecular complexity index is 366. The van der Waals surface area contributed by atoms with Gasteiger partial charge in [-0.15, -0.1) is 0 Å². The van der Waals surface area contributed by atoms with Crippen LogP contribution in [-0.4, -0.2) is 11.1 Å². The number of alkyl halides is 3. The topological polar surface area (TPSA) is 48.1 Å². The maximum atomic E-state index is 12.4. The lowest BCUT2D eigenvalue weighted by Gasteiger charge is -2.14. The van der Waals surface area contributed by atoms with Crippen molar-refractivity contribution in [1.82, 2.24) is 4.98 Å². The number of nitrogens with two attached hydrogens (primary N) is 1. The highest BCUT2D eigenvalue weighted by Gasteiger charge is 2.31. The molecule has 1 rings (SSSR count). The smallest absolute Gasteiger partial charge is 0.416 e. The first-order valence-electron chi connectivity index (χ1n) is 4.84. The van der Waals surface area contributed by atoms with E-state index in [-0.39, 0.29) is 17.8 Å². The maximum Gasteiger partial charge on any atom is 0.416 e. The van der Waals surface area contributed by atoms with Crippen LogP contribution in [0.4, 0.5) is 19.0 Å². The molecule has 0 spiro atoms. The van der Waals surface area contributed by atoms with E-state index >= 15 is 0 Å². The van der Waals surface area contributed by atoms with Gasteiger partial charge in [0.1, 0.15) is 5.82 Å². The third kappa shape index (κ3) is 3.29. The number of hydrogen-bond donors (Lipinski definition) is 1. The van der Waals surface area contributed by atoms with Gasteiger partial charge in [-0.2, -0.15) is 18.2 Å². The Morgan fingerprint density at radius 2 is 2.06 bits per heavy atom. The van der Waals surface area contributed by atoms with Crippen molar-refractivity contribution in [3.05, 3.63) is 17.7 Å². The summed E-state index contributed by atoms with van der Waals surface area (Å²) in [6.07, 6.45) is -3.96. The lowest BCUT2D eigenvalue weighted by Crippen LogP contribution is -2.13. The van der Waals surface area contributed by atoms with Crippen LogP contribution >= 0.6 is 0 Å². The van der Waals surface area contributed by atoms with Crippen LogP contribution in [0.5, 0.6) is 5.88 Å². The summed E-state index contributed by atoms with van der Waals surface area (Å²) >= 11 is 0. The fraction of sp³-hybridized carbons (Fsp3) is 0.500. The van der Waals surface area contributed by atoms with Crippen LogP contribution in [0, 0.1) is 0 Å². The SMILES string of the molecule is CCC(C)Oc1cc(C(F)(F)F)cc(N)n1. The first-order chi connectivity index (χ1) is 7.32. The van der Waals surface area contributed by atoms with Crippen LogP contribution in [0.2, 0.25) is 0 Å². The molecular formula is C10H13F3N2O. The molecule has 0 amide bonds. The fourth-order valence-corrected chi connectivity index (χ4v) is 1.04. The van der Waals surface area contributed by atoms with Crippen LogP contribution in [-0.2, 0) is 6.18 Å². The third-order valence-corrected chi connectivity index (χ3v) is 2.05. The summed E-state index contributed by atoms with van der Waals surface area (Å²) < 4.78 is 42.5. The molecule has 0 fully saturated rings. The molecule has 1 aromatic heterocycles. The number of halogens is 3. The van der Waals surface area contributed by atoms with Crippen molar-refractivity contribution >= 4 is 5.82 Å². The zero-order chi connectivity index (χ0) is 12.3. The molecule has 3 nitrogen and oxygen atoms in total. The Morgan fingerprint density at radius 3 is 2.56 bits per heavy atom. The number of nitrogens with zero attached hydrogens (tertiary/aromatic N) is 1. The highest BCUT2D eigenvalue weighted by Crippen LogP contribution is 2.32. The van der Waals surface area contributed by atoms with Gasteiger partial charge in [0.25, 0.3) is 0 Å². The van der Waals surface area contributed by atoms with Crippen molar-refractivity contribution in [2.24, 2.45) is 0 Å². The molecule has 6 heteroatoms. The number of pyridine rings is 1. The number of ether oxygens (including phenoxy) is 1. The highest BCUT2D eigenvalue weighted by molar-refractivity contribution is 5.38. The Balaban J connectivity index is 2.99. The van der Waals surface area contributed by atoms with Gasteiger partial charge < -0.3 is 10.5 Å². The average Bonchev–Trinajstić information content (AvgIpc) is 2.15. The minimum absolute atomic E-state index is 0.0957. The quantitative estimate of drug-likeness (QED) is 0.874. The van der Waals surface area contributed by atoms with E-state index in [1.54, 1.807) is 6.92 Å². The standard InChI is InChI=1S/C10H13F3N2O/c1-3-6(2)16-9-5-7(10(11,12)13)4-8(14)15-9/h4-6H,3H2,1-2H3,(H2,14,15). The second-order valence-corrected chi connectivity index (χ2v) is 3.45. The first kappa shape index (κ1) is 12.6. The van der Waals surface area contributed by atoms with Gasteiger partial charge in [-0.05, 0) is 19.4 Å². The van der Waals surface area contributed by atoms with Gasteiger partial charge >= 0.3 is 6.18 Å². The highest BCUT2D eigenvalue weighted by atomic mass is 19.4. The summed E-state index contributed by atoms with van der Waals surface area (Å²) in [7, 11) is 0. The summed E-state index contributed by atoms with van der Waals surface area (Å²) in [6.45, 7) is 3.61. The van der Waals surface area contributed by atoms with Gasteiger partial charge in [0.15, 0.2) is 0 Å². The van der Waals surface area contributed by atoms with Crippen LogP contribution in [0.25, 0.3) is 0 Å². The largest absolute Gasteiger partial charge is 0.475 e. The zero-order valence-corrected chi connectivity index (χ0v) is 9.01. The van der Waals surface area contributed by atoms with E-state index in [0.717, 1.165) is 12.1 Å². The average molecular weight is 234 g/mol. The van der Waals surface area contributed by atoms with Crippen molar-refractivity contribution in [2.45, 2.75) is 32.5 Å². The van der Waals surface area contributed by atoms with Gasteiger partial charge in [0, 0.05) is 6.07 Å². The molecule has 0 bridgehead atoms. The second kappa shape index (κ2) is 4.59. The molecule has 0 aliphatic heterocycles. The molecule has 16 heavy (non-hydrogen) atoms. The van der Waals surface area contributed by atoms with E-state index in [1.165, 1.54) is 0 Å². The van der Waals surface area contributed by atoms with E-state index in [2.05, 4.69) is 4.98 Å². The van der Waals surface area contributed by atoms with Crippen molar-refractivity contribution in [1.29, 1.82) is 0 Å². The summed E-state index contributed by atoms with van der Waals surface area (Å²) in [5.74, 6) is -0.296. The van der Waals surface area contributed by atoms with Crippen molar-refractivity contribution < 1.29 is 17.9 Å². The Labute approximate surface area is 91.4 Å². The van der Waals surface area contributed by atoms with Crippen LogP contribution in [0.1, 0.15) is 25.8 Å². The summed E-state index contributed by atoms with van der Waals surface area (Å²) in [4.78, 5) is 3.69. The number of rotatable bonds is 3. The molecule has 0 radical (unpaired) electrons. The van der Waals surface area contributed by atoms with Crippen LogP contribution < -0.4 is 10.5 Å². The Kier molecular flexibility index (Phi) is 3.62. The molecule has 0 aliphatic carbocycles. The van der Waals surface area contributed by atoms with Gasteiger partial charge in [0.2, 0.25) is 5.88 Å². The molecule has 1 atom stereocenters. The number of nitrogen functional groups attached to an aromatic ring is 1. The van der Waals surface area contributed by atoms with E-state index in [9.17, 15) is 13.2 Å². The van der Waals surface area contributed by atoms with E-state index in [1.807, 2.05) is 6.92 Å². The van der Waals surface area contributed by atoms with Crippen molar-refractivity contribution in [2.75, 3.05) is 5.73 Å². The first-order valence-corrected chi connectivity index (χ1v) is 4.84. The molecule has 0 aromatic carbocycles. The fourth-order valence-electron chi connectivity index (χ4n) is 1.04. The lowest BCUT2D eigenvalue weighted by molar-refractivity contribution is -0.137. The van der Waals surface area contributed by atoms with Gasteiger partial charge in [-0.1, -0.05) is 6.92 Å². The molecule has 1 aromatic rings. The monoisotopic (exact) mass is 234 g/mol. The molecule has 0 saturated heterocycles. The van der Waals surface area contributed by atoms with Crippen LogP contribution in [0.3, 0.4) is 0 Å². The minimum Gasteiger partial charge on any atom is -0.475 e. The Hall–Kier alpha value is -1.46. The second-order valence-electron chi connectivity index (χ2n) is 3.45. The summed E-state index contributed by atoms with van der Waals surface area (Å²) in [5.41, 5.74) is 4.43. The molecule has 0 aliphatic rings. The van der Waals surface area contributed by atoms with E-state index in [4.69, 9.17) is 10.5 Å². The van der Waals surface area contributed by atoms with Gasteiger partial charge in [-0.25, -0.2) is 0 Å². The molecule has 1 unspecified atom stereocenters. The van der Waals surface area contributed by atoms with Crippen molar-refractivity contribution in [3.8, 4) is 5.88 Å². The van der Waals surface area contributed by atoms with Gasteiger partial charge in [0.05, 0.1) is 11.7 Å². The predicted molar refractivity (Wildman–Crippen MR) is 54.0 cm³/mol. The normalized spacial score (nSPS) is 13.6. The molecule has 0 saturated carbocycles. The lowest BCUT2D eigenvalue weighted by atomic mass is 10.2. The number of hydrogen-bond acceptors (Lipinski definition) is 3. The predicted octanol–water partition coefficient (Wildman–Crippen LogP) is 2.86. The van der Waals surface area contributed by atoms with Gasteiger partial charge in [-0.3, -0.25) is 0 Å². The van der Waals surface area contributed by atoms with Crippen molar-refractivity contribution in [3.63, 3.8) is 0 Å². The summed E-state index contributed by atoms with van der Waals surface area (Å²) in [5, 5.41) is 0. The molecular weight excluding hydrogens is 221 g/mol.